The zero-order valence-corrected chi connectivity index (χ0v) is 14.3. The Kier molecular flexibility index (Phi) is 5.64. The van der Waals surface area contributed by atoms with E-state index in [9.17, 15) is 4.79 Å². The molecule has 5 nitrogen and oxygen atoms in total. The number of aromatic amines is 1. The van der Waals surface area contributed by atoms with Crippen LogP contribution < -0.4 is 5.32 Å². The van der Waals surface area contributed by atoms with Crippen LogP contribution in [0.1, 0.15) is 25.0 Å². The van der Waals surface area contributed by atoms with E-state index in [2.05, 4.69) is 33.7 Å². The summed E-state index contributed by atoms with van der Waals surface area (Å²) in [5.74, 6) is 0.428. The number of rotatable bonds is 6. The van der Waals surface area contributed by atoms with Crippen molar-refractivity contribution in [1.82, 2.24) is 20.4 Å². The number of hydrogen-bond acceptors (Lipinski definition) is 3. The molecule has 1 amide bonds. The highest BCUT2D eigenvalue weighted by atomic mass is 16.2. The van der Waals surface area contributed by atoms with Gasteiger partial charge in [-0.3, -0.25) is 9.89 Å². The van der Waals surface area contributed by atoms with Crippen LogP contribution in [0.15, 0.2) is 36.4 Å². The van der Waals surface area contributed by atoms with Gasteiger partial charge in [0.15, 0.2) is 0 Å². The summed E-state index contributed by atoms with van der Waals surface area (Å²) in [4.78, 5) is 14.3. The van der Waals surface area contributed by atoms with Crippen molar-refractivity contribution in [2.75, 3.05) is 26.7 Å². The quantitative estimate of drug-likeness (QED) is 0.857. The lowest BCUT2D eigenvalue weighted by Gasteiger charge is -2.27. The molecule has 1 fully saturated rings. The second-order valence-electron chi connectivity index (χ2n) is 6.55. The molecule has 0 bridgehead atoms. The number of aryl methyl sites for hydroxylation is 1. The van der Waals surface area contributed by atoms with Crippen LogP contribution in [0.4, 0.5) is 0 Å². The summed E-state index contributed by atoms with van der Waals surface area (Å²) in [6.45, 7) is 2.65. The molecular weight excluding hydrogens is 300 g/mol. The first kappa shape index (κ1) is 16.7. The first-order chi connectivity index (χ1) is 11.7. The van der Waals surface area contributed by atoms with Crippen LogP contribution in [0.2, 0.25) is 0 Å². The van der Waals surface area contributed by atoms with E-state index in [1.165, 1.54) is 0 Å². The number of hydrogen-bond donors (Lipinski definition) is 2. The number of H-pyrrole nitrogens is 1. The third-order valence-electron chi connectivity index (χ3n) is 4.66. The number of amides is 1. The molecular formula is C19H26N4O. The van der Waals surface area contributed by atoms with E-state index >= 15 is 0 Å². The number of carbonyl (C=O) groups is 1. The summed E-state index contributed by atoms with van der Waals surface area (Å²) < 4.78 is 0. The Morgan fingerprint density at radius 1 is 1.33 bits per heavy atom. The van der Waals surface area contributed by atoms with Gasteiger partial charge in [0.25, 0.3) is 0 Å². The van der Waals surface area contributed by atoms with Crippen molar-refractivity contribution in [2.45, 2.75) is 25.7 Å². The summed E-state index contributed by atoms with van der Waals surface area (Å²) >= 11 is 0. The van der Waals surface area contributed by atoms with Crippen LogP contribution >= 0.6 is 0 Å². The second-order valence-corrected chi connectivity index (χ2v) is 6.55. The van der Waals surface area contributed by atoms with Gasteiger partial charge in [0, 0.05) is 31.4 Å². The number of piperidine rings is 1. The van der Waals surface area contributed by atoms with E-state index in [1.54, 1.807) is 0 Å². The summed E-state index contributed by atoms with van der Waals surface area (Å²) in [5, 5.41) is 10.8. The van der Waals surface area contributed by atoms with E-state index in [1.807, 2.05) is 30.1 Å². The molecule has 1 saturated heterocycles. The van der Waals surface area contributed by atoms with E-state index < -0.39 is 0 Å². The Balaban J connectivity index is 1.46. The predicted molar refractivity (Wildman–Crippen MR) is 95.6 cm³/mol. The first-order valence-corrected chi connectivity index (χ1v) is 8.79. The summed E-state index contributed by atoms with van der Waals surface area (Å²) in [5.41, 5.74) is 3.22. The first-order valence-electron chi connectivity index (χ1n) is 8.79. The van der Waals surface area contributed by atoms with Gasteiger partial charge < -0.3 is 10.2 Å². The Bertz CT molecular complexity index is 646. The minimum atomic E-state index is 0.153. The maximum absolute atomic E-state index is 12.4. The molecule has 2 aromatic rings. The van der Waals surface area contributed by atoms with Crippen LogP contribution in [-0.4, -0.2) is 47.7 Å². The fraction of sp³-hybridized carbons (Fsp3) is 0.474. The maximum atomic E-state index is 12.4. The molecule has 1 atom stereocenters. The standard InChI is InChI=1S/C19H26N4O/c1-23(19(24)16-9-5-11-20-14-16)12-6-10-17-13-18(22-21-17)15-7-3-2-4-8-15/h2-4,7-8,13,16,20H,5-6,9-12,14H2,1H3,(H,21,22). The zero-order chi connectivity index (χ0) is 16.8. The van der Waals surface area contributed by atoms with Gasteiger partial charge in [-0.25, -0.2) is 0 Å². The van der Waals surface area contributed by atoms with Gasteiger partial charge in [0.2, 0.25) is 5.91 Å². The normalized spacial score (nSPS) is 17.6. The zero-order valence-electron chi connectivity index (χ0n) is 14.3. The Morgan fingerprint density at radius 3 is 2.92 bits per heavy atom. The van der Waals surface area contributed by atoms with Crippen LogP contribution in [0.25, 0.3) is 11.3 Å². The molecule has 0 spiro atoms. The molecule has 1 aliphatic rings. The van der Waals surface area contributed by atoms with Crippen molar-refractivity contribution < 1.29 is 4.79 Å². The van der Waals surface area contributed by atoms with Crippen molar-refractivity contribution in [3.63, 3.8) is 0 Å². The van der Waals surface area contributed by atoms with Crippen molar-refractivity contribution in [3.8, 4) is 11.3 Å². The van der Waals surface area contributed by atoms with E-state index in [-0.39, 0.29) is 11.8 Å². The highest BCUT2D eigenvalue weighted by Crippen LogP contribution is 2.18. The molecule has 5 heteroatoms. The largest absolute Gasteiger partial charge is 0.345 e. The Morgan fingerprint density at radius 2 is 2.17 bits per heavy atom. The topological polar surface area (TPSA) is 61.0 Å². The molecule has 1 aromatic carbocycles. The third kappa shape index (κ3) is 4.23. The SMILES string of the molecule is CN(CCCc1cc(-c2ccccc2)n[nH]1)C(=O)C1CCCNC1. The fourth-order valence-corrected chi connectivity index (χ4v) is 3.24. The molecule has 0 saturated carbocycles. The predicted octanol–water partition coefficient (Wildman–Crippen LogP) is 2.47. The minimum absolute atomic E-state index is 0.153. The van der Waals surface area contributed by atoms with Crippen molar-refractivity contribution >= 4 is 5.91 Å². The molecule has 1 aromatic heterocycles. The maximum Gasteiger partial charge on any atom is 0.226 e. The van der Waals surface area contributed by atoms with Crippen molar-refractivity contribution in [2.24, 2.45) is 5.92 Å². The van der Waals surface area contributed by atoms with Crippen LogP contribution in [0.3, 0.4) is 0 Å². The second kappa shape index (κ2) is 8.11. The van der Waals surface area contributed by atoms with Gasteiger partial charge in [-0.05, 0) is 38.3 Å². The molecule has 1 aliphatic heterocycles. The summed E-state index contributed by atoms with van der Waals surface area (Å²) in [6, 6.07) is 12.3. The molecule has 0 radical (unpaired) electrons. The lowest BCUT2D eigenvalue weighted by Crippen LogP contribution is -2.41. The number of aromatic nitrogens is 2. The lowest BCUT2D eigenvalue weighted by atomic mass is 9.98. The van der Waals surface area contributed by atoms with Gasteiger partial charge in [-0.2, -0.15) is 5.10 Å². The van der Waals surface area contributed by atoms with Gasteiger partial charge in [0.05, 0.1) is 11.6 Å². The highest BCUT2D eigenvalue weighted by molar-refractivity contribution is 5.78. The smallest absolute Gasteiger partial charge is 0.226 e. The number of nitrogens with zero attached hydrogens (tertiary/aromatic N) is 2. The van der Waals surface area contributed by atoms with E-state index in [0.717, 1.165) is 62.3 Å². The van der Waals surface area contributed by atoms with Crippen LogP contribution in [0, 0.1) is 5.92 Å². The fourth-order valence-electron chi connectivity index (χ4n) is 3.24. The average molecular weight is 326 g/mol. The monoisotopic (exact) mass is 326 g/mol. The van der Waals surface area contributed by atoms with Crippen molar-refractivity contribution in [3.05, 3.63) is 42.1 Å². The molecule has 3 rings (SSSR count). The lowest BCUT2D eigenvalue weighted by molar-refractivity contribution is -0.134. The van der Waals surface area contributed by atoms with E-state index in [0.29, 0.717) is 0 Å². The Hall–Kier alpha value is -2.14. The summed E-state index contributed by atoms with van der Waals surface area (Å²) in [7, 11) is 1.92. The highest BCUT2D eigenvalue weighted by Gasteiger charge is 2.23. The molecule has 2 N–H and O–H groups in total. The van der Waals surface area contributed by atoms with Gasteiger partial charge in [-0.15, -0.1) is 0 Å². The molecule has 0 aliphatic carbocycles. The van der Waals surface area contributed by atoms with Gasteiger partial charge >= 0.3 is 0 Å². The van der Waals surface area contributed by atoms with Crippen LogP contribution in [-0.2, 0) is 11.2 Å². The average Bonchev–Trinajstić information content (AvgIpc) is 3.11. The minimum Gasteiger partial charge on any atom is -0.345 e. The summed E-state index contributed by atoms with van der Waals surface area (Å²) in [6.07, 6.45) is 3.96. The number of carbonyl (C=O) groups excluding carboxylic acids is 1. The number of nitrogens with one attached hydrogen (secondary N) is 2. The molecule has 128 valence electrons. The van der Waals surface area contributed by atoms with Crippen molar-refractivity contribution in [1.29, 1.82) is 0 Å². The molecule has 24 heavy (non-hydrogen) atoms. The van der Waals surface area contributed by atoms with Gasteiger partial charge in [0.1, 0.15) is 0 Å². The van der Waals surface area contributed by atoms with Gasteiger partial charge in [-0.1, -0.05) is 30.3 Å². The van der Waals surface area contributed by atoms with Crippen LogP contribution in [0.5, 0.6) is 0 Å². The van der Waals surface area contributed by atoms with E-state index in [4.69, 9.17) is 0 Å². The Labute approximate surface area is 143 Å². The molecule has 1 unspecified atom stereocenters. The number of benzene rings is 1. The third-order valence-corrected chi connectivity index (χ3v) is 4.66. The molecule has 2 heterocycles.